The molecule has 1 atom stereocenters. The van der Waals surface area contributed by atoms with Crippen LogP contribution in [0, 0.1) is 6.92 Å². The second kappa shape index (κ2) is 7.30. The highest BCUT2D eigenvalue weighted by Gasteiger charge is 2.26. The third kappa shape index (κ3) is 3.13. The Balaban J connectivity index is 1.46. The molecule has 1 unspecified atom stereocenters. The largest absolute Gasteiger partial charge is 0.378 e. The van der Waals surface area contributed by atoms with Crippen molar-refractivity contribution >= 4 is 16.6 Å². The minimum absolute atomic E-state index is 0.136. The summed E-state index contributed by atoms with van der Waals surface area (Å²) in [5, 5.41) is 18.0. The number of rotatable bonds is 3. The fourth-order valence-corrected chi connectivity index (χ4v) is 4.63. The van der Waals surface area contributed by atoms with E-state index in [1.54, 1.807) is 0 Å². The normalized spacial score (nSPS) is 15.2. The first kappa shape index (κ1) is 18.7. The molecule has 1 aliphatic heterocycles. The van der Waals surface area contributed by atoms with Crippen LogP contribution >= 0.6 is 0 Å². The molecule has 2 aromatic carbocycles. The molecule has 158 valence electrons. The highest BCUT2D eigenvalue weighted by atomic mass is 15.4. The number of hydrogen-bond acceptors (Lipinski definition) is 5. The van der Waals surface area contributed by atoms with Gasteiger partial charge in [-0.15, -0.1) is 5.10 Å². The fraction of sp³-hybridized carbons (Fsp3) is 0.200. The number of aromatic nitrogens is 6. The summed E-state index contributed by atoms with van der Waals surface area (Å²) in [6, 6.07) is 17.2. The second-order valence-electron chi connectivity index (χ2n) is 8.35. The third-order valence-electron chi connectivity index (χ3n) is 6.20. The smallest absolute Gasteiger partial charge is 0.0918 e. The van der Waals surface area contributed by atoms with Crippen molar-refractivity contribution in [2.45, 2.75) is 25.9 Å². The SMILES string of the molecule is Cc1nnn2c1-c1ccc(-c3cnn(C)c3)cc1C(Nc1ccc3ncccc3c1)CC2. The van der Waals surface area contributed by atoms with Crippen LogP contribution < -0.4 is 5.32 Å². The van der Waals surface area contributed by atoms with Crippen LogP contribution in [0.25, 0.3) is 33.3 Å². The van der Waals surface area contributed by atoms with Crippen LogP contribution in [-0.2, 0) is 13.6 Å². The molecule has 1 N–H and O–H groups in total. The molecule has 0 spiro atoms. The van der Waals surface area contributed by atoms with Gasteiger partial charge in [0.1, 0.15) is 0 Å². The maximum absolute atomic E-state index is 4.44. The molecule has 0 aliphatic carbocycles. The first-order chi connectivity index (χ1) is 15.7. The molecule has 0 saturated heterocycles. The Morgan fingerprint density at radius 1 is 1.06 bits per heavy atom. The van der Waals surface area contributed by atoms with Crippen molar-refractivity contribution in [3.63, 3.8) is 0 Å². The molecule has 0 radical (unpaired) electrons. The van der Waals surface area contributed by atoms with E-state index in [0.717, 1.165) is 52.1 Å². The Morgan fingerprint density at radius 2 is 2.00 bits per heavy atom. The zero-order valence-electron chi connectivity index (χ0n) is 18.0. The van der Waals surface area contributed by atoms with E-state index in [1.807, 2.05) is 48.0 Å². The lowest BCUT2D eigenvalue weighted by Crippen LogP contribution is -2.12. The number of nitrogens with zero attached hydrogens (tertiary/aromatic N) is 6. The zero-order valence-corrected chi connectivity index (χ0v) is 18.0. The number of benzene rings is 2. The van der Waals surface area contributed by atoms with E-state index >= 15 is 0 Å². The Labute approximate surface area is 185 Å². The van der Waals surface area contributed by atoms with Crippen molar-refractivity contribution in [1.29, 1.82) is 0 Å². The summed E-state index contributed by atoms with van der Waals surface area (Å²) in [5.74, 6) is 0. The van der Waals surface area contributed by atoms with E-state index in [9.17, 15) is 0 Å². The molecule has 0 fully saturated rings. The minimum Gasteiger partial charge on any atom is -0.378 e. The Morgan fingerprint density at radius 3 is 2.88 bits per heavy atom. The summed E-state index contributed by atoms with van der Waals surface area (Å²) in [5.41, 5.74) is 8.84. The van der Waals surface area contributed by atoms with Gasteiger partial charge in [-0.3, -0.25) is 9.67 Å². The predicted octanol–water partition coefficient (Wildman–Crippen LogP) is 4.76. The molecule has 0 amide bonds. The van der Waals surface area contributed by atoms with E-state index in [2.05, 4.69) is 68.2 Å². The van der Waals surface area contributed by atoms with Gasteiger partial charge in [-0.2, -0.15) is 5.10 Å². The molecule has 3 aromatic heterocycles. The van der Waals surface area contributed by atoms with Crippen LogP contribution in [0.4, 0.5) is 5.69 Å². The van der Waals surface area contributed by atoms with Gasteiger partial charge in [0.15, 0.2) is 0 Å². The molecule has 7 heteroatoms. The number of aryl methyl sites for hydroxylation is 3. The number of anilines is 1. The molecule has 7 nitrogen and oxygen atoms in total. The van der Waals surface area contributed by atoms with Gasteiger partial charge < -0.3 is 5.32 Å². The summed E-state index contributed by atoms with van der Waals surface area (Å²) in [4.78, 5) is 4.44. The highest BCUT2D eigenvalue weighted by molar-refractivity contribution is 5.82. The maximum atomic E-state index is 4.44. The fourth-order valence-electron chi connectivity index (χ4n) is 4.63. The Hall–Kier alpha value is -4.00. The van der Waals surface area contributed by atoms with Gasteiger partial charge >= 0.3 is 0 Å². The molecular formula is C25H23N7. The molecule has 0 bridgehead atoms. The van der Waals surface area contributed by atoms with Gasteiger partial charge in [0.25, 0.3) is 0 Å². The average molecular weight is 422 g/mol. The van der Waals surface area contributed by atoms with E-state index in [4.69, 9.17) is 0 Å². The highest BCUT2D eigenvalue weighted by Crippen LogP contribution is 2.39. The topological polar surface area (TPSA) is 73.5 Å². The molecule has 0 saturated carbocycles. The van der Waals surface area contributed by atoms with Crippen LogP contribution in [0.2, 0.25) is 0 Å². The first-order valence-electron chi connectivity index (χ1n) is 10.8. The minimum atomic E-state index is 0.136. The molecule has 32 heavy (non-hydrogen) atoms. The number of pyridine rings is 1. The molecular weight excluding hydrogens is 398 g/mol. The van der Waals surface area contributed by atoms with Gasteiger partial charge in [0, 0.05) is 48.2 Å². The van der Waals surface area contributed by atoms with E-state index in [1.165, 1.54) is 11.1 Å². The van der Waals surface area contributed by atoms with E-state index < -0.39 is 0 Å². The maximum Gasteiger partial charge on any atom is 0.0918 e. The average Bonchev–Trinajstić information content (AvgIpc) is 3.37. The van der Waals surface area contributed by atoms with Crippen molar-refractivity contribution in [1.82, 2.24) is 29.8 Å². The molecule has 1 aliphatic rings. The Bertz CT molecular complexity index is 1450. The van der Waals surface area contributed by atoms with Gasteiger partial charge in [0.2, 0.25) is 0 Å². The van der Waals surface area contributed by atoms with Crippen molar-refractivity contribution in [3.8, 4) is 22.4 Å². The van der Waals surface area contributed by atoms with E-state index in [0.29, 0.717) is 0 Å². The number of fused-ring (bicyclic) bond motifs is 4. The summed E-state index contributed by atoms with van der Waals surface area (Å²) in [6.07, 6.45) is 6.70. The van der Waals surface area contributed by atoms with Gasteiger partial charge in [-0.05, 0) is 54.8 Å². The van der Waals surface area contributed by atoms with Crippen LogP contribution in [0.5, 0.6) is 0 Å². The van der Waals surface area contributed by atoms with E-state index in [-0.39, 0.29) is 6.04 Å². The van der Waals surface area contributed by atoms with Gasteiger partial charge in [0.05, 0.1) is 29.1 Å². The van der Waals surface area contributed by atoms with Crippen LogP contribution in [0.1, 0.15) is 23.7 Å². The quantitative estimate of drug-likeness (QED) is 0.455. The van der Waals surface area contributed by atoms with Crippen molar-refractivity contribution in [3.05, 3.63) is 78.4 Å². The summed E-state index contributed by atoms with van der Waals surface area (Å²) in [6.45, 7) is 2.83. The second-order valence-corrected chi connectivity index (χ2v) is 8.35. The monoisotopic (exact) mass is 421 g/mol. The van der Waals surface area contributed by atoms with Crippen LogP contribution in [0.15, 0.2) is 67.1 Å². The zero-order chi connectivity index (χ0) is 21.7. The lowest BCUT2D eigenvalue weighted by molar-refractivity contribution is 0.539. The number of nitrogens with one attached hydrogen (secondary N) is 1. The molecule has 5 aromatic rings. The molecule has 4 heterocycles. The summed E-state index contributed by atoms with van der Waals surface area (Å²) < 4.78 is 3.87. The van der Waals surface area contributed by atoms with Crippen molar-refractivity contribution < 1.29 is 0 Å². The predicted molar refractivity (Wildman–Crippen MR) is 125 cm³/mol. The van der Waals surface area contributed by atoms with Gasteiger partial charge in [-0.25, -0.2) is 4.68 Å². The first-order valence-corrected chi connectivity index (χ1v) is 10.8. The third-order valence-corrected chi connectivity index (χ3v) is 6.20. The Kier molecular flexibility index (Phi) is 4.28. The van der Waals surface area contributed by atoms with Crippen molar-refractivity contribution in [2.75, 3.05) is 5.32 Å². The lowest BCUT2D eigenvalue weighted by atomic mass is 9.93. The van der Waals surface area contributed by atoms with Gasteiger partial charge in [-0.1, -0.05) is 23.4 Å². The van der Waals surface area contributed by atoms with Crippen LogP contribution in [0.3, 0.4) is 0 Å². The molecule has 6 rings (SSSR count). The summed E-state index contributed by atoms with van der Waals surface area (Å²) >= 11 is 0. The lowest BCUT2D eigenvalue weighted by Gasteiger charge is -2.21. The summed E-state index contributed by atoms with van der Waals surface area (Å²) in [7, 11) is 1.94. The van der Waals surface area contributed by atoms with Crippen molar-refractivity contribution in [2.24, 2.45) is 7.05 Å². The number of hydrogen-bond donors (Lipinski definition) is 1. The standard InChI is InChI=1S/C25H23N7/c1-16-25-21-7-5-17(19-14-27-31(2)15-19)13-22(21)24(9-11-32(25)30-29-16)28-20-6-8-23-18(12-20)4-3-10-26-23/h3-8,10,12-15,24,28H,9,11H2,1-2H3. The van der Waals surface area contributed by atoms with Crippen LogP contribution in [-0.4, -0.2) is 29.8 Å².